The lowest BCUT2D eigenvalue weighted by Gasteiger charge is -2.34. The van der Waals surface area contributed by atoms with Crippen LogP contribution in [0.2, 0.25) is 0 Å². The maximum absolute atomic E-state index is 13.0. The maximum Gasteiger partial charge on any atom is 0.573 e. The zero-order valence-corrected chi connectivity index (χ0v) is 19.5. The molecule has 0 bridgehead atoms. The lowest BCUT2D eigenvalue weighted by Crippen LogP contribution is -2.54. The third-order valence-electron chi connectivity index (χ3n) is 5.09. The molecular formula is C22H20F3N3O7S. The van der Waals surface area contributed by atoms with Crippen molar-refractivity contribution in [1.29, 1.82) is 0 Å². The molecule has 1 heterocycles. The Kier molecular flexibility index (Phi) is 8.07. The van der Waals surface area contributed by atoms with Gasteiger partial charge in [-0.3, -0.25) is 24.6 Å². The summed E-state index contributed by atoms with van der Waals surface area (Å²) in [5.74, 6) is -0.534. The average molecular weight is 527 g/mol. The smallest absolute Gasteiger partial charge is 0.444 e. The second-order valence-electron chi connectivity index (χ2n) is 7.77. The van der Waals surface area contributed by atoms with Crippen LogP contribution in [0.25, 0.3) is 0 Å². The fourth-order valence-corrected chi connectivity index (χ4v) is 4.69. The van der Waals surface area contributed by atoms with Gasteiger partial charge in [0.25, 0.3) is 5.69 Å². The summed E-state index contributed by atoms with van der Waals surface area (Å²) in [7, 11) is 0. The molecule has 10 nitrogen and oxygen atoms in total. The highest BCUT2D eigenvalue weighted by molar-refractivity contribution is 8.14. The van der Waals surface area contributed by atoms with Crippen LogP contribution in [0.4, 0.5) is 29.3 Å². The van der Waals surface area contributed by atoms with E-state index < -0.39 is 34.0 Å². The molecular weight excluding hydrogens is 507 g/mol. The number of carbonyl (C=O) groups is 3. The fraction of sp³-hybridized carbons (Fsp3) is 0.318. The molecule has 0 unspecified atom stereocenters. The van der Waals surface area contributed by atoms with Crippen molar-refractivity contribution in [3.05, 3.63) is 64.2 Å². The van der Waals surface area contributed by atoms with E-state index in [1.165, 1.54) is 43.3 Å². The number of halogens is 3. The number of nitro groups is 1. The largest absolute Gasteiger partial charge is 0.573 e. The van der Waals surface area contributed by atoms with Gasteiger partial charge in [0.1, 0.15) is 12.4 Å². The minimum atomic E-state index is -4.93. The standard InChI is InChI=1S/C22H20F3N3O7S/c1-14(30)36-19-10-21(13-29,26-16-3-2-4-18(9-16)35-22(23,24)25)27(11-19)20(31)34-12-15-5-7-17(8-6-15)28(32)33/h2-9,13,19,26H,10-12H2,1H3/t19-,21-/m0/s1. The number of non-ortho nitro benzene ring substituents is 1. The fourth-order valence-electron chi connectivity index (χ4n) is 3.66. The minimum absolute atomic E-state index is 0.0300. The number of amides is 1. The number of nitro benzene ring substituents is 1. The number of thioether (sulfide) groups is 1. The summed E-state index contributed by atoms with van der Waals surface area (Å²) in [5.41, 5.74) is -1.36. The van der Waals surface area contributed by atoms with Gasteiger partial charge in [0.05, 0.1) is 4.92 Å². The van der Waals surface area contributed by atoms with Gasteiger partial charge in [-0.15, -0.1) is 13.2 Å². The zero-order valence-electron chi connectivity index (χ0n) is 18.7. The number of hydrogen-bond acceptors (Lipinski definition) is 9. The first-order chi connectivity index (χ1) is 16.9. The maximum atomic E-state index is 13.0. The highest BCUT2D eigenvalue weighted by Crippen LogP contribution is 2.37. The average Bonchev–Trinajstić information content (AvgIpc) is 3.14. The zero-order chi connectivity index (χ0) is 26.5. The van der Waals surface area contributed by atoms with E-state index in [9.17, 15) is 37.7 Å². The molecule has 3 rings (SSSR count). The predicted octanol–water partition coefficient (Wildman–Crippen LogP) is 4.49. The molecule has 2 aromatic rings. The van der Waals surface area contributed by atoms with Crippen molar-refractivity contribution in [2.24, 2.45) is 0 Å². The van der Waals surface area contributed by atoms with E-state index in [1.54, 1.807) is 0 Å². The van der Waals surface area contributed by atoms with E-state index in [0.29, 0.717) is 11.8 Å². The van der Waals surface area contributed by atoms with Crippen LogP contribution in [-0.2, 0) is 20.9 Å². The molecule has 0 radical (unpaired) electrons. The first-order valence-electron chi connectivity index (χ1n) is 10.4. The summed E-state index contributed by atoms with van der Waals surface area (Å²) >= 11 is 0.917. The molecule has 1 amide bonds. The molecule has 1 N–H and O–H groups in total. The molecule has 1 saturated heterocycles. The molecule has 14 heteroatoms. The second kappa shape index (κ2) is 10.8. The normalized spacial score (nSPS) is 19.4. The van der Waals surface area contributed by atoms with Gasteiger partial charge >= 0.3 is 12.5 Å². The Morgan fingerprint density at radius 1 is 1.28 bits per heavy atom. The van der Waals surface area contributed by atoms with Crippen molar-refractivity contribution < 1.29 is 42.0 Å². The molecule has 0 aliphatic carbocycles. The number of rotatable bonds is 8. The Bertz CT molecular complexity index is 1150. The van der Waals surface area contributed by atoms with Gasteiger partial charge < -0.3 is 14.8 Å². The van der Waals surface area contributed by atoms with Crippen molar-refractivity contribution in [2.75, 3.05) is 11.9 Å². The molecule has 0 aromatic heterocycles. The van der Waals surface area contributed by atoms with Gasteiger partial charge in [-0.25, -0.2) is 4.79 Å². The first kappa shape index (κ1) is 26.8. The Morgan fingerprint density at radius 3 is 2.56 bits per heavy atom. The number of nitrogens with zero attached hydrogens (tertiary/aromatic N) is 2. The summed E-state index contributed by atoms with van der Waals surface area (Å²) in [5, 5.41) is 12.8. The Labute approximate surface area is 206 Å². The SMILES string of the molecule is CC(=O)S[C@@H]1CN(C(=O)OCc2ccc([N+](=O)[O-])cc2)[C@@](C=O)(Nc2cccc(OC(F)(F)F)c2)C1. The summed E-state index contributed by atoms with van der Waals surface area (Å²) in [6.45, 7) is 1.00. The monoisotopic (exact) mass is 527 g/mol. The Balaban J connectivity index is 1.81. The van der Waals surface area contributed by atoms with Crippen LogP contribution in [0.3, 0.4) is 0 Å². The van der Waals surface area contributed by atoms with Crippen molar-refractivity contribution >= 4 is 40.6 Å². The molecule has 2 atom stereocenters. The Hall–Kier alpha value is -3.81. The number of aldehydes is 1. The second-order valence-corrected chi connectivity index (χ2v) is 9.24. The van der Waals surface area contributed by atoms with Crippen molar-refractivity contribution in [3.8, 4) is 5.75 Å². The van der Waals surface area contributed by atoms with Gasteiger partial charge in [-0.1, -0.05) is 17.8 Å². The van der Waals surface area contributed by atoms with Crippen molar-refractivity contribution in [1.82, 2.24) is 4.90 Å². The molecule has 2 aromatic carbocycles. The molecule has 0 spiro atoms. The van der Waals surface area contributed by atoms with E-state index in [1.807, 2.05) is 0 Å². The Morgan fingerprint density at radius 2 is 1.97 bits per heavy atom. The van der Waals surface area contributed by atoms with Crippen LogP contribution in [0.5, 0.6) is 5.75 Å². The van der Waals surface area contributed by atoms with Gasteiger partial charge in [0.2, 0.25) is 0 Å². The van der Waals surface area contributed by atoms with E-state index in [2.05, 4.69) is 10.1 Å². The molecule has 1 fully saturated rings. The van der Waals surface area contributed by atoms with E-state index in [0.717, 1.165) is 28.8 Å². The number of nitrogens with one attached hydrogen (secondary N) is 1. The molecule has 36 heavy (non-hydrogen) atoms. The van der Waals surface area contributed by atoms with Crippen molar-refractivity contribution in [2.45, 2.75) is 37.2 Å². The number of alkyl halides is 3. The van der Waals surface area contributed by atoms with Gasteiger partial charge in [-0.05, 0) is 29.8 Å². The van der Waals surface area contributed by atoms with Crippen LogP contribution in [0.1, 0.15) is 18.9 Å². The number of benzene rings is 2. The number of anilines is 1. The molecule has 1 aliphatic rings. The predicted molar refractivity (Wildman–Crippen MR) is 122 cm³/mol. The molecule has 192 valence electrons. The van der Waals surface area contributed by atoms with Crippen LogP contribution in [0.15, 0.2) is 48.5 Å². The van der Waals surface area contributed by atoms with Gasteiger partial charge in [-0.2, -0.15) is 0 Å². The molecule has 1 aliphatic heterocycles. The van der Waals surface area contributed by atoms with Crippen LogP contribution < -0.4 is 10.1 Å². The third-order valence-corrected chi connectivity index (χ3v) is 6.07. The highest BCUT2D eigenvalue weighted by Gasteiger charge is 2.50. The summed E-state index contributed by atoms with van der Waals surface area (Å²) in [6.07, 6.45) is -5.46. The summed E-state index contributed by atoms with van der Waals surface area (Å²) < 4.78 is 47.0. The lowest BCUT2D eigenvalue weighted by atomic mass is 10.1. The number of ether oxygens (including phenoxy) is 2. The first-order valence-corrected chi connectivity index (χ1v) is 11.2. The molecule has 0 saturated carbocycles. The third kappa shape index (κ3) is 6.87. The van der Waals surface area contributed by atoms with Crippen molar-refractivity contribution in [3.63, 3.8) is 0 Å². The van der Waals surface area contributed by atoms with E-state index >= 15 is 0 Å². The lowest BCUT2D eigenvalue weighted by molar-refractivity contribution is -0.384. The van der Waals surface area contributed by atoms with Gasteiger partial charge in [0, 0.05) is 49.0 Å². The van der Waals surface area contributed by atoms with Crippen LogP contribution in [0, 0.1) is 10.1 Å². The number of likely N-dealkylation sites (tertiary alicyclic amines) is 1. The topological polar surface area (TPSA) is 128 Å². The highest BCUT2D eigenvalue weighted by atomic mass is 32.2. The minimum Gasteiger partial charge on any atom is -0.444 e. The van der Waals surface area contributed by atoms with Crippen LogP contribution in [-0.4, -0.2) is 51.1 Å². The number of carbonyl (C=O) groups excluding carboxylic acids is 3. The van der Waals surface area contributed by atoms with Crippen LogP contribution >= 0.6 is 11.8 Å². The number of hydrogen-bond donors (Lipinski definition) is 1. The van der Waals surface area contributed by atoms with Gasteiger partial charge in [0.15, 0.2) is 17.1 Å². The summed E-state index contributed by atoms with van der Waals surface area (Å²) in [4.78, 5) is 48.2. The van der Waals surface area contributed by atoms with E-state index in [4.69, 9.17) is 4.74 Å². The quantitative estimate of drug-likeness (QED) is 0.300. The van der Waals surface area contributed by atoms with E-state index in [-0.39, 0.29) is 36.1 Å². The summed E-state index contributed by atoms with van der Waals surface area (Å²) in [6, 6.07) is 10.0.